The van der Waals surface area contributed by atoms with Crippen LogP contribution in [0.3, 0.4) is 0 Å². The van der Waals surface area contributed by atoms with E-state index < -0.39 is 0 Å². The minimum Gasteiger partial charge on any atom is -0.488 e. The van der Waals surface area contributed by atoms with Gasteiger partial charge in [0, 0.05) is 41.5 Å². The second-order valence-electron chi connectivity index (χ2n) is 10.3. The van der Waals surface area contributed by atoms with Gasteiger partial charge in [0.25, 0.3) is 0 Å². The van der Waals surface area contributed by atoms with Crippen LogP contribution < -0.4 is 20.3 Å². The molecule has 0 unspecified atom stereocenters. The minimum absolute atomic E-state index is 0.0806. The Kier molecular flexibility index (Phi) is 7.49. The van der Waals surface area contributed by atoms with E-state index in [0.29, 0.717) is 13.2 Å². The van der Waals surface area contributed by atoms with E-state index in [2.05, 4.69) is 48.8 Å². The first-order valence-corrected chi connectivity index (χ1v) is 13.8. The number of pyridine rings is 1. The summed E-state index contributed by atoms with van der Waals surface area (Å²) in [6.07, 6.45) is 3.31. The van der Waals surface area contributed by atoms with Crippen molar-refractivity contribution >= 4 is 17.5 Å². The van der Waals surface area contributed by atoms with Gasteiger partial charge in [0.2, 0.25) is 5.91 Å². The van der Waals surface area contributed by atoms with Gasteiger partial charge in [0.05, 0.1) is 13.1 Å². The van der Waals surface area contributed by atoms with Gasteiger partial charge >= 0.3 is 0 Å². The molecule has 0 bridgehead atoms. The molecule has 8 heteroatoms. The number of anilines is 2. The SMILES string of the molecule is CCc1cccc(CC)c1-c1nc(C)c(CN2CCOc3ccc(C)nc32)c(N2CCC(C(N)=O)CC2)n1. The first-order valence-electron chi connectivity index (χ1n) is 13.8. The number of benzene rings is 1. The van der Waals surface area contributed by atoms with E-state index in [0.717, 1.165) is 91.0 Å². The van der Waals surface area contributed by atoms with Crippen molar-refractivity contribution in [2.75, 3.05) is 36.0 Å². The third kappa shape index (κ3) is 5.04. The molecule has 0 atom stereocenters. The maximum atomic E-state index is 11.9. The van der Waals surface area contributed by atoms with Crippen molar-refractivity contribution in [3.05, 3.63) is 58.4 Å². The summed E-state index contributed by atoms with van der Waals surface area (Å²) in [5.74, 6) is 3.12. The molecular weight excluding hydrogens is 476 g/mol. The first kappa shape index (κ1) is 25.9. The van der Waals surface area contributed by atoms with Crippen LogP contribution in [0.5, 0.6) is 5.75 Å². The van der Waals surface area contributed by atoms with Gasteiger partial charge in [-0.25, -0.2) is 15.0 Å². The third-order valence-corrected chi connectivity index (χ3v) is 7.86. The fourth-order valence-corrected chi connectivity index (χ4v) is 5.63. The zero-order valence-electron chi connectivity index (χ0n) is 23.0. The van der Waals surface area contributed by atoms with Crippen molar-refractivity contribution in [2.45, 2.75) is 59.9 Å². The van der Waals surface area contributed by atoms with Crippen molar-refractivity contribution in [3.8, 4) is 17.1 Å². The predicted octanol–water partition coefficient (Wildman–Crippen LogP) is 4.38. The molecule has 1 fully saturated rings. The number of rotatable bonds is 7. The molecule has 2 aliphatic heterocycles. The number of amides is 1. The summed E-state index contributed by atoms with van der Waals surface area (Å²) < 4.78 is 5.90. The molecule has 200 valence electrons. The number of piperidine rings is 1. The summed E-state index contributed by atoms with van der Waals surface area (Å²) in [4.78, 5) is 31.6. The Morgan fingerprint density at radius 3 is 2.34 bits per heavy atom. The first-order chi connectivity index (χ1) is 18.4. The van der Waals surface area contributed by atoms with Crippen LogP contribution in [0.25, 0.3) is 11.4 Å². The molecule has 0 saturated carbocycles. The maximum Gasteiger partial charge on any atom is 0.220 e. The molecule has 1 saturated heterocycles. The van der Waals surface area contributed by atoms with Crippen LogP contribution in [0.1, 0.15) is 54.8 Å². The van der Waals surface area contributed by atoms with Gasteiger partial charge < -0.3 is 20.3 Å². The largest absolute Gasteiger partial charge is 0.488 e. The third-order valence-electron chi connectivity index (χ3n) is 7.86. The molecule has 0 radical (unpaired) electrons. The molecule has 0 spiro atoms. The van der Waals surface area contributed by atoms with Crippen molar-refractivity contribution < 1.29 is 9.53 Å². The average molecular weight is 515 g/mol. The van der Waals surface area contributed by atoms with Crippen LogP contribution in [0.2, 0.25) is 0 Å². The smallest absolute Gasteiger partial charge is 0.220 e. The number of nitrogens with zero attached hydrogens (tertiary/aromatic N) is 5. The maximum absolute atomic E-state index is 11.9. The second-order valence-corrected chi connectivity index (χ2v) is 10.3. The topological polar surface area (TPSA) is 97.5 Å². The minimum atomic E-state index is -0.208. The number of carbonyl (C=O) groups is 1. The Morgan fingerprint density at radius 2 is 1.68 bits per heavy atom. The van der Waals surface area contributed by atoms with E-state index >= 15 is 0 Å². The quantitative estimate of drug-likeness (QED) is 0.500. The Morgan fingerprint density at radius 1 is 0.974 bits per heavy atom. The predicted molar refractivity (Wildman–Crippen MR) is 151 cm³/mol. The summed E-state index contributed by atoms with van der Waals surface area (Å²) in [5.41, 5.74) is 12.3. The highest BCUT2D eigenvalue weighted by Gasteiger charge is 2.29. The zero-order valence-corrected chi connectivity index (χ0v) is 23.0. The van der Waals surface area contributed by atoms with E-state index in [1.54, 1.807) is 0 Å². The van der Waals surface area contributed by atoms with Crippen LogP contribution in [0.15, 0.2) is 30.3 Å². The molecular formula is C30H38N6O2. The van der Waals surface area contributed by atoms with Gasteiger partial charge in [-0.15, -0.1) is 0 Å². The normalized spacial score (nSPS) is 15.8. The van der Waals surface area contributed by atoms with E-state index in [4.69, 9.17) is 25.4 Å². The highest BCUT2D eigenvalue weighted by Crippen LogP contribution is 2.36. The van der Waals surface area contributed by atoms with Gasteiger partial charge in [0.15, 0.2) is 17.4 Å². The van der Waals surface area contributed by atoms with Crippen molar-refractivity contribution in [1.29, 1.82) is 0 Å². The summed E-state index contributed by atoms with van der Waals surface area (Å²) >= 11 is 0. The van der Waals surface area contributed by atoms with Crippen LogP contribution in [-0.4, -0.2) is 47.1 Å². The molecule has 3 aromatic rings. The molecule has 2 aliphatic rings. The van der Waals surface area contributed by atoms with Gasteiger partial charge in [-0.3, -0.25) is 4.79 Å². The fraction of sp³-hybridized carbons (Fsp3) is 0.467. The number of aryl methyl sites for hydroxylation is 4. The standard InChI is InChI=1S/C30H38N6O2/c1-5-21-8-7-9-22(6-2)26(21)28-33-20(4)24(29(34-28)35-14-12-23(13-15-35)27(31)37)18-36-16-17-38-25-11-10-19(3)32-30(25)36/h7-11,23H,5-6,12-18H2,1-4H3,(H2,31,37). The average Bonchev–Trinajstić information content (AvgIpc) is 2.93. The Balaban J connectivity index is 1.60. The van der Waals surface area contributed by atoms with Crippen LogP contribution in [-0.2, 0) is 24.2 Å². The fourth-order valence-electron chi connectivity index (χ4n) is 5.63. The summed E-state index contributed by atoms with van der Waals surface area (Å²) in [5, 5.41) is 0. The second kappa shape index (κ2) is 11.0. The van der Waals surface area contributed by atoms with Gasteiger partial charge in [-0.05, 0) is 62.8 Å². The highest BCUT2D eigenvalue weighted by molar-refractivity contribution is 5.77. The molecule has 0 aliphatic carbocycles. The lowest BCUT2D eigenvalue weighted by molar-refractivity contribution is -0.122. The number of hydrogen-bond acceptors (Lipinski definition) is 7. The van der Waals surface area contributed by atoms with Crippen molar-refractivity contribution in [1.82, 2.24) is 15.0 Å². The molecule has 1 amide bonds. The monoisotopic (exact) mass is 514 g/mol. The van der Waals surface area contributed by atoms with Gasteiger partial charge in [0.1, 0.15) is 12.4 Å². The lowest BCUT2D eigenvalue weighted by atomic mass is 9.95. The zero-order chi connectivity index (χ0) is 26.8. The van der Waals surface area contributed by atoms with Gasteiger partial charge in [-0.2, -0.15) is 0 Å². The van der Waals surface area contributed by atoms with Crippen LogP contribution in [0.4, 0.5) is 11.6 Å². The summed E-state index contributed by atoms with van der Waals surface area (Å²) in [6.45, 7) is 11.9. The highest BCUT2D eigenvalue weighted by atomic mass is 16.5. The number of hydrogen-bond donors (Lipinski definition) is 1. The lowest BCUT2D eigenvalue weighted by Crippen LogP contribution is -2.40. The van der Waals surface area contributed by atoms with Crippen LogP contribution >= 0.6 is 0 Å². The molecule has 8 nitrogen and oxygen atoms in total. The number of ether oxygens (including phenoxy) is 1. The molecule has 2 aromatic heterocycles. The molecule has 4 heterocycles. The van der Waals surface area contributed by atoms with E-state index in [-0.39, 0.29) is 11.8 Å². The van der Waals surface area contributed by atoms with Crippen LogP contribution in [0, 0.1) is 19.8 Å². The van der Waals surface area contributed by atoms with Crippen molar-refractivity contribution in [2.24, 2.45) is 11.7 Å². The number of primary amides is 1. The molecule has 1 aromatic carbocycles. The Hall–Kier alpha value is -3.68. The Labute approximate surface area is 225 Å². The van der Waals surface area contributed by atoms with Crippen molar-refractivity contribution in [3.63, 3.8) is 0 Å². The van der Waals surface area contributed by atoms with Gasteiger partial charge in [-0.1, -0.05) is 32.0 Å². The summed E-state index contributed by atoms with van der Waals surface area (Å²) in [6, 6.07) is 10.5. The van der Waals surface area contributed by atoms with E-state index in [9.17, 15) is 4.79 Å². The molecule has 2 N–H and O–H groups in total. The summed E-state index contributed by atoms with van der Waals surface area (Å²) in [7, 11) is 0. The van der Waals surface area contributed by atoms with E-state index in [1.165, 1.54) is 11.1 Å². The Bertz CT molecular complexity index is 1310. The number of carbonyl (C=O) groups excluding carboxylic acids is 1. The number of nitrogens with two attached hydrogens (primary N) is 1. The lowest BCUT2D eigenvalue weighted by Gasteiger charge is -2.35. The number of fused-ring (bicyclic) bond motifs is 1. The van der Waals surface area contributed by atoms with E-state index in [1.807, 2.05) is 19.1 Å². The molecule has 38 heavy (non-hydrogen) atoms. The number of aromatic nitrogens is 3. The molecule has 5 rings (SSSR count).